The number of allylic oxidation sites excluding steroid dienone is 2. The lowest BCUT2D eigenvalue weighted by molar-refractivity contribution is 0.426. The lowest BCUT2D eigenvalue weighted by atomic mass is 9.77. The standard InChI is InChI=1S/C14H16N4/c1-11(13(3,7-15)8-16)5-6-12(2)14(4,9-17)10-18/h5-6,11-12H,1-4H3/b6-5+. The highest BCUT2D eigenvalue weighted by atomic mass is 14.4. The van der Waals surface area contributed by atoms with Crippen molar-refractivity contribution in [2.24, 2.45) is 22.7 Å². The fourth-order valence-electron chi connectivity index (χ4n) is 1.18. The van der Waals surface area contributed by atoms with Crippen molar-refractivity contribution in [1.82, 2.24) is 0 Å². The highest BCUT2D eigenvalue weighted by Gasteiger charge is 2.32. The molecule has 0 aromatic rings. The van der Waals surface area contributed by atoms with Crippen LogP contribution in [0.3, 0.4) is 0 Å². The monoisotopic (exact) mass is 240 g/mol. The predicted molar refractivity (Wildman–Crippen MR) is 66.1 cm³/mol. The first-order chi connectivity index (χ1) is 8.29. The van der Waals surface area contributed by atoms with Gasteiger partial charge in [-0.2, -0.15) is 21.0 Å². The van der Waals surface area contributed by atoms with Gasteiger partial charge in [-0.1, -0.05) is 26.0 Å². The molecule has 2 atom stereocenters. The maximum absolute atomic E-state index is 8.96. The molecule has 0 amide bonds. The molecular formula is C14H16N4. The summed E-state index contributed by atoms with van der Waals surface area (Å²) in [5.41, 5.74) is -2.18. The van der Waals surface area contributed by atoms with Gasteiger partial charge in [-0.05, 0) is 13.8 Å². The normalized spacial score (nSPS) is 14.9. The Morgan fingerprint density at radius 3 is 1.11 bits per heavy atom. The van der Waals surface area contributed by atoms with Gasteiger partial charge >= 0.3 is 0 Å². The first-order valence-electron chi connectivity index (χ1n) is 5.63. The van der Waals surface area contributed by atoms with Crippen molar-refractivity contribution in [1.29, 1.82) is 21.0 Å². The van der Waals surface area contributed by atoms with Gasteiger partial charge in [-0.3, -0.25) is 0 Å². The zero-order valence-corrected chi connectivity index (χ0v) is 11.1. The largest absolute Gasteiger partial charge is 0.197 e. The zero-order valence-electron chi connectivity index (χ0n) is 11.1. The number of nitrogens with zero attached hydrogens (tertiary/aromatic N) is 4. The second kappa shape index (κ2) is 5.86. The van der Waals surface area contributed by atoms with Crippen molar-refractivity contribution in [3.8, 4) is 24.3 Å². The van der Waals surface area contributed by atoms with E-state index in [0.717, 1.165) is 0 Å². The van der Waals surface area contributed by atoms with E-state index in [1.807, 2.05) is 24.3 Å². The van der Waals surface area contributed by atoms with Crippen LogP contribution in [0.15, 0.2) is 12.2 Å². The zero-order chi connectivity index (χ0) is 14.4. The van der Waals surface area contributed by atoms with Crippen molar-refractivity contribution in [2.75, 3.05) is 0 Å². The van der Waals surface area contributed by atoms with Gasteiger partial charge in [0.25, 0.3) is 0 Å². The first-order valence-corrected chi connectivity index (χ1v) is 5.63. The molecule has 0 aliphatic heterocycles. The fraction of sp³-hybridized carbons (Fsp3) is 0.571. The molecule has 0 bridgehead atoms. The average molecular weight is 240 g/mol. The molecule has 0 rings (SSSR count). The highest BCUT2D eigenvalue weighted by Crippen LogP contribution is 2.30. The number of rotatable bonds is 4. The summed E-state index contributed by atoms with van der Waals surface area (Å²) in [6.07, 6.45) is 3.45. The van der Waals surface area contributed by atoms with E-state index in [-0.39, 0.29) is 11.8 Å². The molecule has 4 heteroatoms. The molecule has 0 aromatic carbocycles. The fourth-order valence-corrected chi connectivity index (χ4v) is 1.18. The summed E-state index contributed by atoms with van der Waals surface area (Å²) in [6.45, 7) is 6.68. The van der Waals surface area contributed by atoms with Crippen LogP contribution in [0.2, 0.25) is 0 Å². The molecule has 0 aromatic heterocycles. The molecule has 0 radical (unpaired) electrons. The summed E-state index contributed by atoms with van der Waals surface area (Å²) in [6, 6.07) is 7.90. The van der Waals surface area contributed by atoms with E-state index in [1.165, 1.54) is 0 Å². The average Bonchev–Trinajstić information content (AvgIpc) is 2.42. The molecule has 2 unspecified atom stereocenters. The van der Waals surface area contributed by atoms with Crippen LogP contribution in [-0.4, -0.2) is 0 Å². The molecule has 0 spiro atoms. The van der Waals surface area contributed by atoms with E-state index in [1.54, 1.807) is 39.8 Å². The van der Waals surface area contributed by atoms with Gasteiger partial charge in [0.15, 0.2) is 0 Å². The third-order valence-electron chi connectivity index (χ3n) is 3.44. The molecule has 0 heterocycles. The minimum Gasteiger partial charge on any atom is -0.197 e. The van der Waals surface area contributed by atoms with Crippen LogP contribution in [0.25, 0.3) is 0 Å². The van der Waals surface area contributed by atoms with Gasteiger partial charge < -0.3 is 0 Å². The summed E-state index contributed by atoms with van der Waals surface area (Å²) >= 11 is 0. The van der Waals surface area contributed by atoms with E-state index >= 15 is 0 Å². The van der Waals surface area contributed by atoms with Crippen LogP contribution in [0.5, 0.6) is 0 Å². The van der Waals surface area contributed by atoms with Crippen LogP contribution in [0.1, 0.15) is 27.7 Å². The first kappa shape index (κ1) is 15.7. The molecule has 0 aliphatic carbocycles. The maximum Gasteiger partial charge on any atom is 0.147 e. The van der Waals surface area contributed by atoms with Gasteiger partial charge in [0, 0.05) is 11.8 Å². The molecule has 0 N–H and O–H groups in total. The lowest BCUT2D eigenvalue weighted by Crippen LogP contribution is -2.22. The Bertz CT molecular complexity index is 416. The van der Waals surface area contributed by atoms with Crippen LogP contribution in [0, 0.1) is 68.0 Å². The number of hydrogen-bond acceptors (Lipinski definition) is 4. The molecular weight excluding hydrogens is 224 g/mol. The molecule has 92 valence electrons. The molecule has 0 aliphatic rings. The predicted octanol–water partition coefficient (Wildman–Crippen LogP) is 2.92. The summed E-state index contributed by atoms with van der Waals surface area (Å²) in [5, 5.41) is 35.8. The number of hydrogen-bond donors (Lipinski definition) is 0. The topological polar surface area (TPSA) is 95.2 Å². The van der Waals surface area contributed by atoms with Gasteiger partial charge in [-0.25, -0.2) is 0 Å². The summed E-state index contributed by atoms with van der Waals surface area (Å²) in [4.78, 5) is 0. The summed E-state index contributed by atoms with van der Waals surface area (Å²) in [7, 11) is 0. The van der Waals surface area contributed by atoms with Crippen molar-refractivity contribution < 1.29 is 0 Å². The quantitative estimate of drug-likeness (QED) is 0.706. The second-order valence-electron chi connectivity index (χ2n) is 4.81. The SMILES string of the molecule is CC(/C=C/C(C)C(C)(C#N)C#N)C(C)(C#N)C#N. The molecule has 0 saturated heterocycles. The van der Waals surface area contributed by atoms with E-state index in [9.17, 15) is 0 Å². The van der Waals surface area contributed by atoms with Gasteiger partial charge in [0.2, 0.25) is 0 Å². The van der Waals surface area contributed by atoms with Crippen LogP contribution in [0.4, 0.5) is 0 Å². The van der Waals surface area contributed by atoms with E-state index in [4.69, 9.17) is 21.0 Å². The molecule has 18 heavy (non-hydrogen) atoms. The Kier molecular flexibility index (Phi) is 5.11. The lowest BCUT2D eigenvalue weighted by Gasteiger charge is -2.21. The minimum absolute atomic E-state index is 0.267. The van der Waals surface area contributed by atoms with Crippen molar-refractivity contribution in [3.05, 3.63) is 12.2 Å². The Hall–Kier alpha value is -2.30. The molecule has 0 fully saturated rings. The second-order valence-corrected chi connectivity index (χ2v) is 4.81. The third kappa shape index (κ3) is 3.10. The van der Waals surface area contributed by atoms with E-state index in [2.05, 4.69) is 0 Å². The van der Waals surface area contributed by atoms with Crippen LogP contribution >= 0.6 is 0 Å². The highest BCUT2D eigenvalue weighted by molar-refractivity contribution is 5.20. The number of nitriles is 4. The summed E-state index contributed by atoms with van der Waals surface area (Å²) < 4.78 is 0. The smallest absolute Gasteiger partial charge is 0.147 e. The molecule has 4 nitrogen and oxygen atoms in total. The Labute approximate surface area is 108 Å². The maximum atomic E-state index is 8.96. The third-order valence-corrected chi connectivity index (χ3v) is 3.44. The van der Waals surface area contributed by atoms with E-state index in [0.29, 0.717) is 0 Å². The summed E-state index contributed by atoms with van der Waals surface area (Å²) in [5.74, 6) is -0.534. The van der Waals surface area contributed by atoms with E-state index < -0.39 is 10.8 Å². The van der Waals surface area contributed by atoms with Crippen LogP contribution in [-0.2, 0) is 0 Å². The van der Waals surface area contributed by atoms with Gasteiger partial charge in [0.05, 0.1) is 24.3 Å². The van der Waals surface area contributed by atoms with Gasteiger partial charge in [-0.15, -0.1) is 0 Å². The van der Waals surface area contributed by atoms with Crippen LogP contribution < -0.4 is 0 Å². The van der Waals surface area contributed by atoms with Gasteiger partial charge in [0.1, 0.15) is 10.8 Å². The minimum atomic E-state index is -1.09. The van der Waals surface area contributed by atoms with Crippen molar-refractivity contribution in [3.63, 3.8) is 0 Å². The van der Waals surface area contributed by atoms with Crippen molar-refractivity contribution in [2.45, 2.75) is 27.7 Å². The van der Waals surface area contributed by atoms with Crippen molar-refractivity contribution >= 4 is 0 Å². The Morgan fingerprint density at radius 2 is 0.944 bits per heavy atom. The Balaban J connectivity index is 5.03. The molecule has 0 saturated carbocycles. The Morgan fingerprint density at radius 1 is 0.722 bits per heavy atom.